The van der Waals surface area contributed by atoms with Crippen molar-refractivity contribution in [3.05, 3.63) is 36.9 Å². The van der Waals surface area contributed by atoms with Crippen LogP contribution in [0.3, 0.4) is 0 Å². The van der Waals surface area contributed by atoms with Crippen LogP contribution >= 0.6 is 0 Å². The molecule has 0 saturated heterocycles. The molecule has 0 saturated carbocycles. The zero-order valence-corrected chi connectivity index (χ0v) is 6.49. The smallest absolute Gasteiger partial charge is 0.119 e. The predicted molar refractivity (Wildman–Crippen MR) is 45.6 cm³/mol. The van der Waals surface area contributed by atoms with Gasteiger partial charge in [0.25, 0.3) is 0 Å². The summed E-state index contributed by atoms with van der Waals surface area (Å²) in [6.45, 7) is 5.25. The van der Waals surface area contributed by atoms with Crippen LogP contribution in [0.5, 0.6) is 11.5 Å². The minimum Gasteiger partial charge on any atom is -0.508 e. The van der Waals surface area contributed by atoms with Crippen molar-refractivity contribution in [2.45, 2.75) is 6.92 Å². The Hall–Kier alpha value is -1.44. The molecule has 0 unspecified atom stereocenters. The van der Waals surface area contributed by atoms with Gasteiger partial charge in [0.2, 0.25) is 0 Å². The van der Waals surface area contributed by atoms with Crippen molar-refractivity contribution in [3.63, 3.8) is 0 Å². The maximum absolute atomic E-state index is 8.65. The third-order valence-corrected chi connectivity index (χ3v) is 0.830. The van der Waals surface area contributed by atoms with E-state index in [0.29, 0.717) is 0 Å². The van der Waals surface area contributed by atoms with E-state index in [9.17, 15) is 0 Å². The molecule has 2 N–H and O–H groups in total. The summed E-state index contributed by atoms with van der Waals surface area (Å²) in [4.78, 5) is 0. The summed E-state index contributed by atoms with van der Waals surface area (Å²) in [7, 11) is 0. The van der Waals surface area contributed by atoms with Gasteiger partial charge in [-0.2, -0.15) is 0 Å². The molecule has 0 spiro atoms. The highest BCUT2D eigenvalue weighted by Gasteiger charge is 1.85. The first-order chi connectivity index (χ1) is 5.20. The average Bonchev–Trinajstić information content (AvgIpc) is 1.88. The maximum Gasteiger partial charge on any atom is 0.119 e. The first-order valence-electron chi connectivity index (χ1n) is 3.25. The Labute approximate surface area is 66.4 Å². The van der Waals surface area contributed by atoms with Gasteiger partial charge in [0.1, 0.15) is 11.5 Å². The van der Waals surface area contributed by atoms with Crippen LogP contribution in [0.2, 0.25) is 0 Å². The number of hydrogen-bond donors (Lipinski definition) is 2. The van der Waals surface area contributed by atoms with Gasteiger partial charge < -0.3 is 10.2 Å². The van der Waals surface area contributed by atoms with E-state index in [-0.39, 0.29) is 11.5 Å². The SMILES string of the molecule is C=CC.Oc1cccc(O)c1. The standard InChI is InChI=1S/C6H6O2.C3H6/c7-5-2-1-3-6(8)4-5;1-3-2/h1-4,7-8H;3H,1H2,2H3. The highest BCUT2D eigenvalue weighted by atomic mass is 16.3. The Morgan fingerprint density at radius 3 is 1.82 bits per heavy atom. The topological polar surface area (TPSA) is 40.5 Å². The summed E-state index contributed by atoms with van der Waals surface area (Å²) in [6, 6.07) is 5.85. The molecule has 1 aromatic carbocycles. The second-order valence-electron chi connectivity index (χ2n) is 1.93. The third kappa shape index (κ3) is 5.03. The molecule has 2 nitrogen and oxygen atoms in total. The Morgan fingerprint density at radius 2 is 1.64 bits per heavy atom. The normalized spacial score (nSPS) is 7.73. The van der Waals surface area contributed by atoms with E-state index >= 15 is 0 Å². The first-order valence-corrected chi connectivity index (χ1v) is 3.25. The summed E-state index contributed by atoms with van der Waals surface area (Å²) in [6.07, 6.45) is 1.75. The molecule has 11 heavy (non-hydrogen) atoms. The first kappa shape index (κ1) is 9.56. The predicted octanol–water partition coefficient (Wildman–Crippen LogP) is 2.29. The molecule has 1 rings (SSSR count). The fraction of sp³-hybridized carbons (Fsp3) is 0.111. The number of benzene rings is 1. The van der Waals surface area contributed by atoms with Crippen molar-refractivity contribution in [2.75, 3.05) is 0 Å². The molecule has 0 radical (unpaired) electrons. The highest BCUT2D eigenvalue weighted by Crippen LogP contribution is 2.14. The third-order valence-electron chi connectivity index (χ3n) is 0.830. The summed E-state index contributed by atoms with van der Waals surface area (Å²) in [5.41, 5.74) is 0. The zero-order chi connectivity index (χ0) is 8.69. The fourth-order valence-corrected chi connectivity index (χ4v) is 0.493. The lowest BCUT2D eigenvalue weighted by Gasteiger charge is -1.89. The molecule has 0 aliphatic carbocycles. The van der Waals surface area contributed by atoms with Gasteiger partial charge in [-0.15, -0.1) is 6.58 Å². The molecule has 2 heteroatoms. The molecule has 0 heterocycles. The fourth-order valence-electron chi connectivity index (χ4n) is 0.493. The lowest BCUT2D eigenvalue weighted by Crippen LogP contribution is -1.61. The Kier molecular flexibility index (Phi) is 4.65. The summed E-state index contributed by atoms with van der Waals surface area (Å²) >= 11 is 0. The lowest BCUT2D eigenvalue weighted by atomic mass is 10.3. The van der Waals surface area contributed by atoms with Crippen LogP contribution in [0, 0.1) is 0 Å². The van der Waals surface area contributed by atoms with Crippen LogP contribution in [0.15, 0.2) is 36.9 Å². The number of aromatic hydroxyl groups is 2. The number of phenols is 2. The quantitative estimate of drug-likeness (QED) is 0.560. The second kappa shape index (κ2) is 5.35. The number of phenolic OH excluding ortho intramolecular Hbond substituents is 2. The maximum atomic E-state index is 8.65. The van der Waals surface area contributed by atoms with Crippen molar-refractivity contribution in [1.82, 2.24) is 0 Å². The summed E-state index contributed by atoms with van der Waals surface area (Å²) in [5.74, 6) is 0.176. The molecule has 0 aliphatic rings. The van der Waals surface area contributed by atoms with E-state index in [1.165, 1.54) is 18.2 Å². The molecule has 0 amide bonds. The lowest BCUT2D eigenvalue weighted by molar-refractivity contribution is 0.450. The van der Waals surface area contributed by atoms with E-state index in [1.54, 1.807) is 12.1 Å². The Bertz CT molecular complexity index is 201. The van der Waals surface area contributed by atoms with Gasteiger partial charge in [-0.05, 0) is 19.1 Å². The van der Waals surface area contributed by atoms with Crippen LogP contribution in [0.4, 0.5) is 0 Å². The van der Waals surface area contributed by atoms with Gasteiger partial charge in [0, 0.05) is 6.07 Å². The van der Waals surface area contributed by atoms with Gasteiger partial charge >= 0.3 is 0 Å². The molecule has 0 aliphatic heterocycles. The van der Waals surface area contributed by atoms with E-state index in [1.807, 2.05) is 6.92 Å². The molecule has 0 aromatic heterocycles. The Balaban J connectivity index is 0.000000292. The van der Waals surface area contributed by atoms with Crippen LogP contribution in [0.1, 0.15) is 6.92 Å². The molecule has 1 aromatic rings. The van der Waals surface area contributed by atoms with Crippen molar-refractivity contribution < 1.29 is 10.2 Å². The minimum absolute atomic E-state index is 0.0880. The Morgan fingerprint density at radius 1 is 1.27 bits per heavy atom. The molecule has 60 valence electrons. The van der Waals surface area contributed by atoms with Crippen molar-refractivity contribution in [2.24, 2.45) is 0 Å². The van der Waals surface area contributed by atoms with E-state index < -0.39 is 0 Å². The van der Waals surface area contributed by atoms with Gasteiger partial charge in [-0.1, -0.05) is 12.1 Å². The molecular formula is C9H12O2. The number of allylic oxidation sites excluding steroid dienone is 1. The summed E-state index contributed by atoms with van der Waals surface area (Å²) < 4.78 is 0. The van der Waals surface area contributed by atoms with E-state index in [0.717, 1.165) is 0 Å². The van der Waals surface area contributed by atoms with Crippen molar-refractivity contribution in [3.8, 4) is 11.5 Å². The molecule has 0 atom stereocenters. The number of hydrogen-bond acceptors (Lipinski definition) is 2. The van der Waals surface area contributed by atoms with Crippen LogP contribution < -0.4 is 0 Å². The zero-order valence-electron chi connectivity index (χ0n) is 6.49. The van der Waals surface area contributed by atoms with Crippen molar-refractivity contribution >= 4 is 0 Å². The largest absolute Gasteiger partial charge is 0.508 e. The molecule has 0 fully saturated rings. The van der Waals surface area contributed by atoms with Gasteiger partial charge in [0.15, 0.2) is 0 Å². The van der Waals surface area contributed by atoms with Gasteiger partial charge in [0.05, 0.1) is 0 Å². The minimum atomic E-state index is 0.0880. The van der Waals surface area contributed by atoms with E-state index in [4.69, 9.17) is 10.2 Å². The van der Waals surface area contributed by atoms with Gasteiger partial charge in [-0.25, -0.2) is 0 Å². The second-order valence-corrected chi connectivity index (χ2v) is 1.93. The van der Waals surface area contributed by atoms with Crippen molar-refractivity contribution in [1.29, 1.82) is 0 Å². The summed E-state index contributed by atoms with van der Waals surface area (Å²) in [5, 5.41) is 17.3. The average molecular weight is 152 g/mol. The van der Waals surface area contributed by atoms with E-state index in [2.05, 4.69) is 6.58 Å². The monoisotopic (exact) mass is 152 g/mol. The van der Waals surface area contributed by atoms with Crippen LogP contribution in [-0.4, -0.2) is 10.2 Å². The van der Waals surface area contributed by atoms with Crippen LogP contribution in [0.25, 0.3) is 0 Å². The van der Waals surface area contributed by atoms with Gasteiger partial charge in [-0.3, -0.25) is 0 Å². The number of rotatable bonds is 0. The van der Waals surface area contributed by atoms with Crippen LogP contribution in [-0.2, 0) is 0 Å². The molecule has 0 bridgehead atoms. The molecular weight excluding hydrogens is 140 g/mol. The highest BCUT2D eigenvalue weighted by molar-refractivity contribution is 5.30.